The van der Waals surface area contributed by atoms with Crippen LogP contribution in [-0.4, -0.2) is 69.5 Å². The predicted octanol–water partition coefficient (Wildman–Crippen LogP) is 1.42. The largest absolute Gasteiger partial charge is 0.401 e. The third-order valence-electron chi connectivity index (χ3n) is 3.71. The number of carbonyl (C=O) groups is 1. The molecule has 0 spiro atoms. The number of piperazine rings is 1. The smallest absolute Gasteiger partial charge is 0.331 e. The molecule has 2 rings (SSSR count). The minimum atomic E-state index is -4.21. The van der Waals surface area contributed by atoms with Gasteiger partial charge in [-0.3, -0.25) is 4.90 Å². The lowest BCUT2D eigenvalue weighted by molar-refractivity contribution is -0.148. The molecule has 0 radical (unpaired) electrons. The van der Waals surface area contributed by atoms with Crippen LogP contribution in [0.25, 0.3) is 0 Å². The molecule has 1 saturated heterocycles. The van der Waals surface area contributed by atoms with Crippen molar-refractivity contribution in [3.05, 3.63) is 12.2 Å². The number of rotatable bonds is 3. The first-order valence-electron chi connectivity index (χ1n) is 7.77. The number of carbonyl (C=O) groups excluding carboxylic acids is 1. The van der Waals surface area contributed by atoms with Crippen LogP contribution < -0.4 is 5.32 Å². The Bertz CT molecular complexity index is 558. The lowest BCUT2D eigenvalue weighted by atomic mass is 10.1. The van der Waals surface area contributed by atoms with E-state index >= 15 is 0 Å². The molecule has 0 unspecified atom stereocenters. The molecule has 0 saturated carbocycles. The minimum Gasteiger partial charge on any atom is -0.331 e. The Morgan fingerprint density at radius 3 is 2.38 bits per heavy atom. The van der Waals surface area contributed by atoms with Crippen molar-refractivity contribution in [1.29, 1.82) is 0 Å². The molecule has 0 aromatic carbocycles. The van der Waals surface area contributed by atoms with Gasteiger partial charge in [-0.1, -0.05) is 0 Å². The maximum atomic E-state index is 12.4. The van der Waals surface area contributed by atoms with Crippen molar-refractivity contribution in [3.63, 3.8) is 0 Å². The van der Waals surface area contributed by atoms with Gasteiger partial charge in [-0.25, -0.2) is 14.5 Å². The third kappa shape index (κ3) is 5.08. The molecule has 1 aliphatic rings. The van der Waals surface area contributed by atoms with Gasteiger partial charge in [0.25, 0.3) is 0 Å². The summed E-state index contributed by atoms with van der Waals surface area (Å²) >= 11 is 0. The topological polar surface area (TPSA) is 66.3 Å². The molecule has 1 N–H and O–H groups in total. The summed E-state index contributed by atoms with van der Waals surface area (Å²) in [5, 5.41) is 6.90. The molecular formula is C14H23F3N6O. The van der Waals surface area contributed by atoms with E-state index in [-0.39, 0.29) is 44.3 Å². The van der Waals surface area contributed by atoms with Crippen LogP contribution in [0.3, 0.4) is 0 Å². The van der Waals surface area contributed by atoms with Gasteiger partial charge in [-0.15, -0.1) is 0 Å². The van der Waals surface area contributed by atoms with Gasteiger partial charge in [-0.2, -0.15) is 18.3 Å². The second-order valence-electron chi connectivity index (χ2n) is 6.80. The number of hydrogen-bond acceptors (Lipinski definition) is 4. The van der Waals surface area contributed by atoms with Crippen LogP contribution >= 0.6 is 0 Å². The minimum absolute atomic E-state index is 0.213. The maximum Gasteiger partial charge on any atom is 0.401 e. The molecule has 24 heavy (non-hydrogen) atoms. The summed E-state index contributed by atoms with van der Waals surface area (Å²) in [4.78, 5) is 19.1. The summed E-state index contributed by atoms with van der Waals surface area (Å²) in [5.74, 6) is 0.631. The highest BCUT2D eigenvalue weighted by Crippen LogP contribution is 2.17. The van der Waals surface area contributed by atoms with Crippen LogP contribution in [0.2, 0.25) is 0 Å². The van der Waals surface area contributed by atoms with Crippen molar-refractivity contribution in [1.82, 2.24) is 29.9 Å². The monoisotopic (exact) mass is 348 g/mol. The Kier molecular flexibility index (Phi) is 5.36. The molecule has 2 amide bonds. The van der Waals surface area contributed by atoms with Gasteiger partial charge >= 0.3 is 12.2 Å². The Morgan fingerprint density at radius 1 is 1.21 bits per heavy atom. The van der Waals surface area contributed by atoms with Gasteiger partial charge in [0, 0.05) is 26.2 Å². The van der Waals surface area contributed by atoms with Crippen LogP contribution in [0, 0.1) is 0 Å². The molecule has 0 atom stereocenters. The van der Waals surface area contributed by atoms with Crippen LogP contribution in [-0.2, 0) is 12.1 Å². The molecular weight excluding hydrogens is 325 g/mol. The fourth-order valence-corrected chi connectivity index (χ4v) is 2.58. The number of urea groups is 1. The summed E-state index contributed by atoms with van der Waals surface area (Å²) in [6, 6.07) is -0.301. The van der Waals surface area contributed by atoms with E-state index in [1.807, 2.05) is 20.8 Å². The van der Waals surface area contributed by atoms with Crippen molar-refractivity contribution in [2.75, 3.05) is 32.7 Å². The fraction of sp³-hybridized carbons (Fsp3) is 0.786. The normalized spacial score (nSPS) is 17.2. The van der Waals surface area contributed by atoms with Gasteiger partial charge in [0.05, 0.1) is 18.6 Å². The van der Waals surface area contributed by atoms with E-state index in [1.165, 1.54) is 16.1 Å². The van der Waals surface area contributed by atoms with E-state index < -0.39 is 12.7 Å². The van der Waals surface area contributed by atoms with Crippen molar-refractivity contribution >= 4 is 6.03 Å². The molecule has 136 valence electrons. The average molecular weight is 348 g/mol. The summed E-state index contributed by atoms with van der Waals surface area (Å²) in [6.07, 6.45) is -2.77. The summed E-state index contributed by atoms with van der Waals surface area (Å²) < 4.78 is 38.8. The van der Waals surface area contributed by atoms with Crippen LogP contribution in [0.15, 0.2) is 6.33 Å². The fourth-order valence-electron chi connectivity index (χ4n) is 2.58. The SMILES string of the molecule is CC(C)(C)n1ncnc1CNC(=O)N1CCN(CC(F)(F)F)CC1. The van der Waals surface area contributed by atoms with Gasteiger partial charge < -0.3 is 10.2 Å². The highest BCUT2D eigenvalue weighted by atomic mass is 19.4. The number of aromatic nitrogens is 3. The zero-order valence-electron chi connectivity index (χ0n) is 14.1. The number of alkyl halides is 3. The molecule has 0 bridgehead atoms. The molecule has 2 heterocycles. The van der Waals surface area contributed by atoms with E-state index in [0.29, 0.717) is 5.82 Å². The number of amides is 2. The van der Waals surface area contributed by atoms with Crippen molar-refractivity contribution in [2.24, 2.45) is 0 Å². The summed E-state index contributed by atoms with van der Waals surface area (Å²) in [7, 11) is 0. The average Bonchev–Trinajstić information content (AvgIpc) is 2.92. The second-order valence-corrected chi connectivity index (χ2v) is 6.80. The first kappa shape index (κ1) is 18.5. The number of nitrogens with zero attached hydrogens (tertiary/aromatic N) is 5. The van der Waals surface area contributed by atoms with Gasteiger partial charge in [-0.05, 0) is 20.8 Å². The number of hydrogen-bond donors (Lipinski definition) is 1. The molecule has 1 aromatic rings. The van der Waals surface area contributed by atoms with Crippen LogP contribution in [0.1, 0.15) is 26.6 Å². The Balaban J connectivity index is 1.82. The van der Waals surface area contributed by atoms with Gasteiger partial charge in [0.2, 0.25) is 0 Å². The first-order valence-corrected chi connectivity index (χ1v) is 7.77. The highest BCUT2D eigenvalue weighted by Gasteiger charge is 2.32. The molecule has 1 fully saturated rings. The summed E-state index contributed by atoms with van der Waals surface area (Å²) in [5.41, 5.74) is -0.250. The predicted molar refractivity (Wildman–Crippen MR) is 81.3 cm³/mol. The Hall–Kier alpha value is -1.84. The molecule has 7 nitrogen and oxygen atoms in total. The molecule has 0 aliphatic carbocycles. The Morgan fingerprint density at radius 2 is 1.83 bits per heavy atom. The number of halogens is 3. The Labute approximate surface area is 138 Å². The van der Waals surface area contributed by atoms with Gasteiger partial charge in [0.1, 0.15) is 12.2 Å². The highest BCUT2D eigenvalue weighted by molar-refractivity contribution is 5.74. The summed E-state index contributed by atoms with van der Waals surface area (Å²) in [6.45, 7) is 6.20. The van der Waals surface area contributed by atoms with E-state index in [2.05, 4.69) is 15.4 Å². The lowest BCUT2D eigenvalue weighted by Crippen LogP contribution is -2.53. The number of nitrogens with one attached hydrogen (secondary N) is 1. The van der Waals surface area contributed by atoms with E-state index in [4.69, 9.17) is 0 Å². The molecule has 1 aromatic heterocycles. The van der Waals surface area contributed by atoms with E-state index in [1.54, 1.807) is 4.68 Å². The standard InChI is InChI=1S/C14H23F3N6O/c1-13(2,3)23-11(19-10-20-23)8-18-12(24)22-6-4-21(5-7-22)9-14(15,16)17/h10H,4-9H2,1-3H3,(H,18,24). The third-order valence-corrected chi connectivity index (χ3v) is 3.71. The molecule has 1 aliphatic heterocycles. The van der Waals surface area contributed by atoms with Crippen molar-refractivity contribution in [3.8, 4) is 0 Å². The van der Waals surface area contributed by atoms with Crippen molar-refractivity contribution < 1.29 is 18.0 Å². The van der Waals surface area contributed by atoms with Crippen LogP contribution in [0.4, 0.5) is 18.0 Å². The van der Waals surface area contributed by atoms with Crippen molar-refractivity contribution in [2.45, 2.75) is 39.0 Å². The molecule has 10 heteroatoms. The first-order chi connectivity index (χ1) is 11.1. The second kappa shape index (κ2) is 6.96. The lowest BCUT2D eigenvalue weighted by Gasteiger charge is -2.34. The van der Waals surface area contributed by atoms with Gasteiger partial charge in [0.15, 0.2) is 0 Å². The zero-order chi connectivity index (χ0) is 18.0. The van der Waals surface area contributed by atoms with E-state index in [0.717, 1.165) is 0 Å². The maximum absolute atomic E-state index is 12.4. The quantitative estimate of drug-likeness (QED) is 0.897. The van der Waals surface area contributed by atoms with E-state index in [9.17, 15) is 18.0 Å². The zero-order valence-corrected chi connectivity index (χ0v) is 14.1. The van der Waals surface area contributed by atoms with Crippen LogP contribution in [0.5, 0.6) is 0 Å².